The van der Waals surface area contributed by atoms with E-state index < -0.39 is 17.4 Å². The van der Waals surface area contributed by atoms with Gasteiger partial charge in [0.05, 0.1) is 5.60 Å². The molecule has 0 aliphatic heterocycles. The molecule has 1 atom stereocenters. The Hall–Kier alpha value is -2.48. The Morgan fingerprint density at radius 2 is 1.92 bits per heavy atom. The fourth-order valence-corrected chi connectivity index (χ4v) is 2.08. The van der Waals surface area contributed by atoms with Crippen LogP contribution in [0, 0.1) is 5.92 Å². The minimum atomic E-state index is -1.08. The van der Waals surface area contributed by atoms with Gasteiger partial charge in [0.15, 0.2) is 0 Å². The van der Waals surface area contributed by atoms with Crippen molar-refractivity contribution in [1.82, 2.24) is 15.2 Å². The number of amides is 3. The smallest absolute Gasteiger partial charge is 0.313 e. The zero-order chi connectivity index (χ0) is 19.9. The Kier molecular flexibility index (Phi) is 7.70. The lowest BCUT2D eigenvalue weighted by atomic mass is 9.95. The molecule has 0 aromatic carbocycles. The molecule has 1 heterocycles. The van der Waals surface area contributed by atoms with Crippen molar-refractivity contribution in [2.24, 2.45) is 5.92 Å². The first-order valence-corrected chi connectivity index (χ1v) is 8.51. The SMILES string of the molecule is CC(C)CCC(C)(O)CNC(=O)C(=O)Nc1ccnc(C(=O)N(C)C)c1. The molecule has 0 aliphatic carbocycles. The molecule has 1 unspecified atom stereocenters. The number of rotatable bonds is 7. The molecule has 1 aromatic rings. The van der Waals surface area contributed by atoms with Crippen LogP contribution in [0.5, 0.6) is 0 Å². The normalized spacial score (nSPS) is 13.0. The van der Waals surface area contributed by atoms with Gasteiger partial charge in [0.25, 0.3) is 5.91 Å². The number of carbonyl (C=O) groups excluding carboxylic acids is 3. The second-order valence-corrected chi connectivity index (χ2v) is 7.20. The van der Waals surface area contributed by atoms with Crippen LogP contribution in [0.25, 0.3) is 0 Å². The Balaban J connectivity index is 2.61. The van der Waals surface area contributed by atoms with Gasteiger partial charge in [-0.1, -0.05) is 13.8 Å². The Morgan fingerprint density at radius 3 is 2.50 bits per heavy atom. The van der Waals surface area contributed by atoms with E-state index in [0.29, 0.717) is 12.3 Å². The molecule has 3 amide bonds. The molecule has 8 heteroatoms. The highest BCUT2D eigenvalue weighted by atomic mass is 16.3. The fourth-order valence-electron chi connectivity index (χ4n) is 2.08. The number of hydrogen-bond donors (Lipinski definition) is 3. The predicted molar refractivity (Wildman–Crippen MR) is 98.6 cm³/mol. The van der Waals surface area contributed by atoms with E-state index in [1.807, 2.05) is 13.8 Å². The monoisotopic (exact) mass is 364 g/mol. The fraction of sp³-hybridized carbons (Fsp3) is 0.556. The summed E-state index contributed by atoms with van der Waals surface area (Å²) in [4.78, 5) is 41.1. The van der Waals surface area contributed by atoms with E-state index in [2.05, 4.69) is 15.6 Å². The van der Waals surface area contributed by atoms with E-state index >= 15 is 0 Å². The predicted octanol–water partition coefficient (Wildman–Crippen LogP) is 1.03. The van der Waals surface area contributed by atoms with Crippen molar-refractivity contribution in [2.45, 2.75) is 39.2 Å². The number of nitrogens with one attached hydrogen (secondary N) is 2. The number of nitrogens with zero attached hydrogens (tertiary/aromatic N) is 2. The lowest BCUT2D eigenvalue weighted by molar-refractivity contribution is -0.136. The van der Waals surface area contributed by atoms with Crippen molar-refractivity contribution >= 4 is 23.4 Å². The van der Waals surface area contributed by atoms with Crippen molar-refractivity contribution in [3.05, 3.63) is 24.0 Å². The molecule has 1 rings (SSSR count). The minimum Gasteiger partial charge on any atom is -0.388 e. The van der Waals surface area contributed by atoms with Crippen LogP contribution in [0.2, 0.25) is 0 Å². The number of aromatic nitrogens is 1. The molecule has 3 N–H and O–H groups in total. The summed E-state index contributed by atoms with van der Waals surface area (Å²) < 4.78 is 0. The summed E-state index contributed by atoms with van der Waals surface area (Å²) in [5.41, 5.74) is -0.635. The lowest BCUT2D eigenvalue weighted by Crippen LogP contribution is -2.44. The van der Waals surface area contributed by atoms with Crippen molar-refractivity contribution in [2.75, 3.05) is 26.0 Å². The summed E-state index contributed by atoms with van der Waals surface area (Å²) in [5, 5.41) is 15.1. The maximum absolute atomic E-state index is 12.0. The Bertz CT molecular complexity index is 656. The largest absolute Gasteiger partial charge is 0.388 e. The maximum atomic E-state index is 12.0. The van der Waals surface area contributed by atoms with Gasteiger partial charge in [0, 0.05) is 32.5 Å². The van der Waals surface area contributed by atoms with E-state index in [9.17, 15) is 19.5 Å². The zero-order valence-corrected chi connectivity index (χ0v) is 16.0. The number of aliphatic hydroxyl groups is 1. The van der Waals surface area contributed by atoms with Crippen LogP contribution >= 0.6 is 0 Å². The van der Waals surface area contributed by atoms with Crippen molar-refractivity contribution in [1.29, 1.82) is 0 Å². The summed E-state index contributed by atoms with van der Waals surface area (Å²) in [6.07, 6.45) is 2.71. The van der Waals surface area contributed by atoms with E-state index in [1.165, 1.54) is 23.2 Å². The first kappa shape index (κ1) is 21.6. The molecule has 1 aromatic heterocycles. The second-order valence-electron chi connectivity index (χ2n) is 7.20. The molecule has 0 fully saturated rings. The van der Waals surface area contributed by atoms with E-state index in [4.69, 9.17) is 0 Å². The first-order chi connectivity index (χ1) is 12.0. The Morgan fingerprint density at radius 1 is 1.27 bits per heavy atom. The number of pyridine rings is 1. The van der Waals surface area contributed by atoms with Crippen LogP contribution < -0.4 is 10.6 Å². The van der Waals surface area contributed by atoms with Crippen molar-refractivity contribution in [3.8, 4) is 0 Å². The Labute approximate surface area is 154 Å². The van der Waals surface area contributed by atoms with Crippen LogP contribution in [0.1, 0.15) is 44.1 Å². The van der Waals surface area contributed by atoms with Gasteiger partial charge in [-0.15, -0.1) is 0 Å². The molecular weight excluding hydrogens is 336 g/mol. The third-order valence-electron chi connectivity index (χ3n) is 3.74. The molecule has 8 nitrogen and oxygen atoms in total. The third-order valence-corrected chi connectivity index (χ3v) is 3.74. The van der Waals surface area contributed by atoms with Gasteiger partial charge in [0.1, 0.15) is 5.69 Å². The highest BCUT2D eigenvalue weighted by Crippen LogP contribution is 2.15. The van der Waals surface area contributed by atoms with Gasteiger partial charge in [-0.25, -0.2) is 0 Å². The van der Waals surface area contributed by atoms with Gasteiger partial charge < -0.3 is 20.6 Å². The zero-order valence-electron chi connectivity index (χ0n) is 16.0. The number of anilines is 1. The molecule has 0 spiro atoms. The van der Waals surface area contributed by atoms with Crippen LogP contribution in [0.4, 0.5) is 5.69 Å². The van der Waals surface area contributed by atoms with Crippen LogP contribution in [0.15, 0.2) is 18.3 Å². The van der Waals surface area contributed by atoms with E-state index in [1.54, 1.807) is 21.0 Å². The van der Waals surface area contributed by atoms with E-state index in [0.717, 1.165) is 6.42 Å². The number of carbonyl (C=O) groups is 3. The number of hydrogen-bond acceptors (Lipinski definition) is 5. The summed E-state index contributed by atoms with van der Waals surface area (Å²) >= 11 is 0. The average Bonchev–Trinajstić information content (AvgIpc) is 2.57. The molecule has 0 radical (unpaired) electrons. The molecule has 0 aliphatic rings. The van der Waals surface area contributed by atoms with Crippen LogP contribution in [-0.2, 0) is 9.59 Å². The van der Waals surface area contributed by atoms with Gasteiger partial charge in [-0.05, 0) is 37.8 Å². The van der Waals surface area contributed by atoms with Gasteiger partial charge in [-0.2, -0.15) is 0 Å². The van der Waals surface area contributed by atoms with Crippen molar-refractivity contribution in [3.63, 3.8) is 0 Å². The highest BCUT2D eigenvalue weighted by Gasteiger charge is 2.23. The second kappa shape index (κ2) is 9.28. The summed E-state index contributed by atoms with van der Waals surface area (Å²) in [7, 11) is 3.18. The molecule has 26 heavy (non-hydrogen) atoms. The lowest BCUT2D eigenvalue weighted by Gasteiger charge is -2.24. The minimum absolute atomic E-state index is 0.0211. The summed E-state index contributed by atoms with van der Waals surface area (Å²) in [6, 6.07) is 2.88. The van der Waals surface area contributed by atoms with Gasteiger partial charge >= 0.3 is 11.8 Å². The highest BCUT2D eigenvalue weighted by molar-refractivity contribution is 6.39. The molecule has 0 saturated carbocycles. The maximum Gasteiger partial charge on any atom is 0.313 e. The van der Waals surface area contributed by atoms with Crippen LogP contribution in [0.3, 0.4) is 0 Å². The van der Waals surface area contributed by atoms with Crippen molar-refractivity contribution < 1.29 is 19.5 Å². The third kappa shape index (κ3) is 7.18. The molecule has 0 saturated heterocycles. The topological polar surface area (TPSA) is 112 Å². The summed E-state index contributed by atoms with van der Waals surface area (Å²) in [5.74, 6) is -1.61. The van der Waals surface area contributed by atoms with E-state index in [-0.39, 0.29) is 23.8 Å². The molecule has 144 valence electrons. The first-order valence-electron chi connectivity index (χ1n) is 8.51. The summed E-state index contributed by atoms with van der Waals surface area (Å²) in [6.45, 7) is 5.69. The molecular formula is C18H28N4O4. The van der Waals surface area contributed by atoms with Gasteiger partial charge in [0.2, 0.25) is 0 Å². The average molecular weight is 364 g/mol. The molecule has 0 bridgehead atoms. The quantitative estimate of drug-likeness (QED) is 0.626. The van der Waals surface area contributed by atoms with Gasteiger partial charge in [-0.3, -0.25) is 19.4 Å². The van der Waals surface area contributed by atoms with Crippen LogP contribution in [-0.4, -0.2) is 59.0 Å². The standard InChI is InChI=1S/C18H28N4O4/c1-12(2)6-8-18(3,26)11-20-15(23)16(24)21-13-7-9-19-14(10-13)17(25)22(4)5/h7,9-10,12,26H,6,8,11H2,1-5H3,(H,20,23)(H,19,21,24).